The van der Waals surface area contributed by atoms with Crippen LogP contribution in [-0.2, 0) is 19.1 Å². The Labute approximate surface area is 212 Å². The Morgan fingerprint density at radius 1 is 1.06 bits per heavy atom. The number of hydrogen-bond donors (Lipinski definition) is 1. The van der Waals surface area contributed by atoms with Gasteiger partial charge in [0.25, 0.3) is 5.91 Å². The number of esters is 1. The standard InChI is InChI=1S/C26H39N3O7/c1-2-3-4-5-6-7-8-9-10-13-18-35-25(31)19-22-26(32)27-16-17-28(22)24(30)20-36-23-15-12-11-14-21(23)29(33)34/h11-12,14-15,22H,2-10,13,16-20H2,1H3,(H,27,32). The number of nitro groups is 1. The molecule has 1 aromatic carbocycles. The van der Waals surface area contributed by atoms with Gasteiger partial charge < -0.3 is 19.7 Å². The topological polar surface area (TPSA) is 128 Å². The first kappa shape index (κ1) is 29.1. The third kappa shape index (κ3) is 10.2. The summed E-state index contributed by atoms with van der Waals surface area (Å²) in [5.41, 5.74) is -0.256. The SMILES string of the molecule is CCCCCCCCCCCCOC(=O)CC1C(=O)NCCN1C(=O)COc1ccccc1[N+](=O)[O-]. The highest BCUT2D eigenvalue weighted by atomic mass is 16.6. The molecule has 1 atom stereocenters. The van der Waals surface area contributed by atoms with Crippen molar-refractivity contribution in [2.24, 2.45) is 0 Å². The van der Waals surface area contributed by atoms with Crippen molar-refractivity contribution in [3.63, 3.8) is 0 Å². The summed E-state index contributed by atoms with van der Waals surface area (Å²) in [6, 6.07) is 4.74. The number of amides is 2. The van der Waals surface area contributed by atoms with Gasteiger partial charge in [0.1, 0.15) is 6.04 Å². The smallest absolute Gasteiger partial charge is 0.310 e. The zero-order valence-corrected chi connectivity index (χ0v) is 21.2. The molecule has 2 amide bonds. The van der Waals surface area contributed by atoms with E-state index in [1.54, 1.807) is 6.07 Å². The van der Waals surface area contributed by atoms with Gasteiger partial charge in [-0.2, -0.15) is 0 Å². The van der Waals surface area contributed by atoms with Crippen molar-refractivity contribution >= 4 is 23.5 Å². The van der Waals surface area contributed by atoms with Gasteiger partial charge in [-0.3, -0.25) is 24.5 Å². The van der Waals surface area contributed by atoms with Crippen LogP contribution in [0.3, 0.4) is 0 Å². The Hall–Kier alpha value is -3.17. The number of piperazine rings is 1. The van der Waals surface area contributed by atoms with E-state index in [9.17, 15) is 24.5 Å². The van der Waals surface area contributed by atoms with E-state index in [0.29, 0.717) is 6.61 Å². The van der Waals surface area contributed by atoms with Gasteiger partial charge in [-0.15, -0.1) is 0 Å². The molecular weight excluding hydrogens is 466 g/mol. The van der Waals surface area contributed by atoms with Gasteiger partial charge >= 0.3 is 11.7 Å². The van der Waals surface area contributed by atoms with Crippen LogP contribution in [0.15, 0.2) is 24.3 Å². The molecule has 1 fully saturated rings. The van der Waals surface area contributed by atoms with E-state index < -0.39 is 35.4 Å². The second-order valence-electron chi connectivity index (χ2n) is 9.01. The molecule has 1 heterocycles. The summed E-state index contributed by atoms with van der Waals surface area (Å²) >= 11 is 0. The summed E-state index contributed by atoms with van der Waals surface area (Å²) in [4.78, 5) is 49.3. The van der Waals surface area contributed by atoms with E-state index in [4.69, 9.17) is 9.47 Å². The highest BCUT2D eigenvalue weighted by molar-refractivity contribution is 5.92. The van der Waals surface area contributed by atoms with Gasteiger partial charge in [-0.05, 0) is 12.5 Å². The minimum Gasteiger partial charge on any atom is -0.477 e. The number of carbonyl (C=O) groups is 3. The molecule has 1 aliphatic rings. The first-order valence-corrected chi connectivity index (χ1v) is 13.0. The van der Waals surface area contributed by atoms with Gasteiger partial charge in [0.2, 0.25) is 5.91 Å². The Kier molecular flexibility index (Phi) is 13.3. The molecule has 1 saturated heterocycles. The van der Waals surface area contributed by atoms with Crippen LogP contribution in [-0.4, -0.2) is 60.0 Å². The molecule has 0 saturated carbocycles. The number of para-hydroxylation sites is 2. The maximum absolute atomic E-state index is 12.7. The molecular formula is C26H39N3O7. The fraction of sp³-hybridized carbons (Fsp3) is 0.654. The molecule has 0 aliphatic carbocycles. The zero-order valence-electron chi connectivity index (χ0n) is 21.2. The molecule has 0 bridgehead atoms. The highest BCUT2D eigenvalue weighted by Crippen LogP contribution is 2.26. The van der Waals surface area contributed by atoms with Crippen LogP contribution in [0.1, 0.15) is 77.6 Å². The molecule has 1 N–H and O–H groups in total. The lowest BCUT2D eigenvalue weighted by Crippen LogP contribution is -2.58. The molecule has 36 heavy (non-hydrogen) atoms. The van der Waals surface area contributed by atoms with Crippen LogP contribution in [0.5, 0.6) is 5.75 Å². The Bertz CT molecular complexity index is 862. The molecule has 1 aliphatic heterocycles. The van der Waals surface area contributed by atoms with Crippen molar-refractivity contribution < 1.29 is 28.8 Å². The van der Waals surface area contributed by atoms with Crippen LogP contribution in [0.2, 0.25) is 0 Å². The molecule has 200 valence electrons. The molecule has 10 heteroatoms. The summed E-state index contributed by atoms with van der Waals surface area (Å²) in [5.74, 6) is -1.54. The monoisotopic (exact) mass is 505 g/mol. The first-order valence-electron chi connectivity index (χ1n) is 13.0. The summed E-state index contributed by atoms with van der Waals surface area (Å²) < 4.78 is 10.7. The zero-order chi connectivity index (χ0) is 26.2. The Balaban J connectivity index is 1.71. The molecule has 0 radical (unpaired) electrons. The number of hydrogen-bond acceptors (Lipinski definition) is 7. The fourth-order valence-corrected chi connectivity index (χ4v) is 4.16. The minimum absolute atomic E-state index is 0.0373. The van der Waals surface area contributed by atoms with Crippen LogP contribution < -0.4 is 10.1 Å². The average Bonchev–Trinajstić information content (AvgIpc) is 2.87. The summed E-state index contributed by atoms with van der Waals surface area (Å²) in [5, 5.41) is 13.8. The first-order chi connectivity index (χ1) is 17.4. The van der Waals surface area contributed by atoms with Gasteiger partial charge in [-0.25, -0.2) is 0 Å². The Morgan fingerprint density at radius 3 is 2.36 bits per heavy atom. The number of rotatable bonds is 17. The second-order valence-corrected chi connectivity index (χ2v) is 9.01. The van der Waals surface area contributed by atoms with E-state index >= 15 is 0 Å². The quantitative estimate of drug-likeness (QED) is 0.146. The molecule has 1 unspecified atom stereocenters. The van der Waals surface area contributed by atoms with Crippen molar-refractivity contribution in [2.45, 2.75) is 83.6 Å². The number of nitrogens with one attached hydrogen (secondary N) is 1. The van der Waals surface area contributed by atoms with Crippen molar-refractivity contribution in [1.82, 2.24) is 10.2 Å². The van der Waals surface area contributed by atoms with Crippen molar-refractivity contribution in [3.8, 4) is 5.75 Å². The predicted molar refractivity (Wildman–Crippen MR) is 135 cm³/mol. The minimum atomic E-state index is -0.999. The highest BCUT2D eigenvalue weighted by Gasteiger charge is 2.35. The van der Waals surface area contributed by atoms with E-state index in [-0.39, 0.29) is 30.9 Å². The summed E-state index contributed by atoms with van der Waals surface area (Å²) in [7, 11) is 0. The molecule has 0 spiro atoms. The number of unbranched alkanes of at least 4 members (excludes halogenated alkanes) is 9. The van der Waals surface area contributed by atoms with Crippen molar-refractivity contribution in [3.05, 3.63) is 34.4 Å². The lowest BCUT2D eigenvalue weighted by molar-refractivity contribution is -0.385. The van der Waals surface area contributed by atoms with E-state index in [1.165, 1.54) is 68.0 Å². The third-order valence-corrected chi connectivity index (χ3v) is 6.19. The number of carbonyl (C=O) groups excluding carboxylic acids is 3. The average molecular weight is 506 g/mol. The van der Waals surface area contributed by atoms with Crippen LogP contribution >= 0.6 is 0 Å². The number of ether oxygens (including phenoxy) is 2. The van der Waals surface area contributed by atoms with E-state index in [0.717, 1.165) is 19.3 Å². The molecule has 0 aromatic heterocycles. The number of nitro benzene ring substituents is 1. The fourth-order valence-electron chi connectivity index (χ4n) is 4.16. The van der Waals surface area contributed by atoms with Crippen LogP contribution in [0.25, 0.3) is 0 Å². The van der Waals surface area contributed by atoms with Crippen molar-refractivity contribution in [1.29, 1.82) is 0 Å². The largest absolute Gasteiger partial charge is 0.477 e. The van der Waals surface area contributed by atoms with Crippen LogP contribution in [0.4, 0.5) is 5.69 Å². The van der Waals surface area contributed by atoms with Gasteiger partial charge in [0, 0.05) is 19.2 Å². The van der Waals surface area contributed by atoms with E-state index in [2.05, 4.69) is 12.2 Å². The maximum atomic E-state index is 12.7. The molecule has 2 rings (SSSR count). The van der Waals surface area contributed by atoms with E-state index in [1.807, 2.05) is 0 Å². The normalized spacial score (nSPS) is 15.3. The second kappa shape index (κ2) is 16.5. The van der Waals surface area contributed by atoms with Crippen LogP contribution in [0, 0.1) is 10.1 Å². The third-order valence-electron chi connectivity index (χ3n) is 6.19. The predicted octanol–water partition coefficient (Wildman–Crippen LogP) is 4.15. The lowest BCUT2D eigenvalue weighted by Gasteiger charge is -2.34. The summed E-state index contributed by atoms with van der Waals surface area (Å²) in [6.07, 6.45) is 11.5. The van der Waals surface area contributed by atoms with Gasteiger partial charge in [0.15, 0.2) is 12.4 Å². The lowest BCUT2D eigenvalue weighted by atomic mass is 10.1. The number of benzene rings is 1. The molecule has 1 aromatic rings. The van der Waals surface area contributed by atoms with Gasteiger partial charge in [0.05, 0.1) is 18.0 Å². The molecule has 10 nitrogen and oxygen atoms in total. The van der Waals surface area contributed by atoms with Crippen molar-refractivity contribution in [2.75, 3.05) is 26.3 Å². The summed E-state index contributed by atoms with van der Waals surface area (Å²) in [6.45, 7) is 2.48. The van der Waals surface area contributed by atoms with Gasteiger partial charge in [-0.1, -0.05) is 76.8 Å². The number of nitrogens with zero attached hydrogens (tertiary/aromatic N) is 2. The maximum Gasteiger partial charge on any atom is 0.310 e. The Morgan fingerprint density at radius 2 is 1.69 bits per heavy atom.